The molecule has 2 unspecified atom stereocenters. The fraction of sp³-hybridized carbons (Fsp3) is 0.643. The maximum absolute atomic E-state index is 12.1. The van der Waals surface area contributed by atoms with Crippen molar-refractivity contribution in [1.29, 1.82) is 0 Å². The number of nitrogens with one attached hydrogen (secondary N) is 1. The standard InChI is InChI=1S/C14H22N4O/c1-4-5-15-13-8-16-12(7-17-13)14(19)18(3)9-11-6-10(11)2/h7-8,10-11H,4-6,9H2,1-3H3,(H,15,17). The van der Waals surface area contributed by atoms with Crippen molar-refractivity contribution in [2.75, 3.05) is 25.5 Å². The lowest BCUT2D eigenvalue weighted by atomic mass is 10.3. The zero-order valence-corrected chi connectivity index (χ0v) is 11.9. The first kappa shape index (κ1) is 13.8. The van der Waals surface area contributed by atoms with Crippen LogP contribution in [0.1, 0.15) is 37.2 Å². The lowest BCUT2D eigenvalue weighted by Crippen LogP contribution is -2.29. The molecule has 0 spiro atoms. The third-order valence-corrected chi connectivity index (χ3v) is 3.56. The number of carbonyl (C=O) groups is 1. The summed E-state index contributed by atoms with van der Waals surface area (Å²) in [5.74, 6) is 2.08. The highest BCUT2D eigenvalue weighted by Gasteiger charge is 2.34. The molecule has 2 rings (SSSR count). The van der Waals surface area contributed by atoms with Gasteiger partial charge >= 0.3 is 0 Å². The number of rotatable bonds is 6. The third kappa shape index (κ3) is 3.66. The lowest BCUT2D eigenvalue weighted by Gasteiger charge is -2.16. The summed E-state index contributed by atoms with van der Waals surface area (Å²) < 4.78 is 0. The Morgan fingerprint density at radius 2 is 2.21 bits per heavy atom. The molecule has 1 aliphatic rings. The molecule has 0 radical (unpaired) electrons. The van der Waals surface area contributed by atoms with E-state index >= 15 is 0 Å². The molecule has 0 saturated heterocycles. The molecule has 1 amide bonds. The van der Waals surface area contributed by atoms with E-state index in [0.29, 0.717) is 11.6 Å². The Balaban J connectivity index is 1.91. The number of nitrogens with zero attached hydrogens (tertiary/aromatic N) is 3. The van der Waals surface area contributed by atoms with E-state index < -0.39 is 0 Å². The molecule has 1 aromatic rings. The summed E-state index contributed by atoms with van der Waals surface area (Å²) in [6, 6.07) is 0. The zero-order chi connectivity index (χ0) is 13.8. The van der Waals surface area contributed by atoms with Crippen LogP contribution in [0, 0.1) is 11.8 Å². The van der Waals surface area contributed by atoms with E-state index in [1.54, 1.807) is 17.3 Å². The van der Waals surface area contributed by atoms with Crippen LogP contribution in [-0.2, 0) is 0 Å². The predicted octanol–water partition coefficient (Wildman–Crippen LogP) is 2.03. The molecule has 1 aliphatic carbocycles. The fourth-order valence-corrected chi connectivity index (χ4v) is 2.07. The van der Waals surface area contributed by atoms with Crippen LogP contribution >= 0.6 is 0 Å². The SMILES string of the molecule is CCCNc1cnc(C(=O)N(C)CC2CC2C)cn1. The summed E-state index contributed by atoms with van der Waals surface area (Å²) in [5.41, 5.74) is 0.415. The van der Waals surface area contributed by atoms with Crippen molar-refractivity contribution >= 4 is 11.7 Å². The summed E-state index contributed by atoms with van der Waals surface area (Å²) in [5, 5.41) is 3.14. The van der Waals surface area contributed by atoms with Gasteiger partial charge in [-0.15, -0.1) is 0 Å². The summed E-state index contributed by atoms with van der Waals surface area (Å²) in [4.78, 5) is 22.3. The minimum Gasteiger partial charge on any atom is -0.369 e. The van der Waals surface area contributed by atoms with Crippen LogP contribution in [-0.4, -0.2) is 40.9 Å². The van der Waals surface area contributed by atoms with Gasteiger partial charge in [-0.1, -0.05) is 13.8 Å². The second-order valence-electron chi connectivity index (χ2n) is 5.37. The van der Waals surface area contributed by atoms with Crippen molar-refractivity contribution in [2.45, 2.75) is 26.7 Å². The first-order valence-corrected chi connectivity index (χ1v) is 6.93. The summed E-state index contributed by atoms with van der Waals surface area (Å²) in [6.45, 7) is 5.99. The van der Waals surface area contributed by atoms with Crippen molar-refractivity contribution in [1.82, 2.24) is 14.9 Å². The Labute approximate surface area is 114 Å². The number of hydrogen-bond donors (Lipinski definition) is 1. The number of aromatic nitrogens is 2. The maximum Gasteiger partial charge on any atom is 0.273 e. The monoisotopic (exact) mass is 262 g/mol. The minimum absolute atomic E-state index is 0.0476. The van der Waals surface area contributed by atoms with Gasteiger partial charge in [-0.05, 0) is 24.7 Å². The van der Waals surface area contributed by atoms with Crippen molar-refractivity contribution < 1.29 is 4.79 Å². The number of hydrogen-bond acceptors (Lipinski definition) is 4. The van der Waals surface area contributed by atoms with Crippen LogP contribution in [0.5, 0.6) is 0 Å². The van der Waals surface area contributed by atoms with Crippen LogP contribution in [0.4, 0.5) is 5.82 Å². The summed E-state index contributed by atoms with van der Waals surface area (Å²) in [7, 11) is 1.83. The number of amides is 1. The van der Waals surface area contributed by atoms with Crippen LogP contribution < -0.4 is 5.32 Å². The van der Waals surface area contributed by atoms with Gasteiger partial charge in [0.05, 0.1) is 12.4 Å². The molecule has 1 heterocycles. The molecular weight excluding hydrogens is 240 g/mol. The molecule has 1 saturated carbocycles. The topological polar surface area (TPSA) is 58.1 Å². The lowest BCUT2D eigenvalue weighted by molar-refractivity contribution is 0.0781. The van der Waals surface area contributed by atoms with Gasteiger partial charge in [0.1, 0.15) is 11.5 Å². The Bertz CT molecular complexity index is 432. The van der Waals surface area contributed by atoms with E-state index in [0.717, 1.165) is 31.2 Å². The van der Waals surface area contributed by atoms with E-state index in [1.165, 1.54) is 6.42 Å². The summed E-state index contributed by atoms with van der Waals surface area (Å²) in [6.07, 6.45) is 5.43. The van der Waals surface area contributed by atoms with Crippen molar-refractivity contribution in [2.24, 2.45) is 11.8 Å². The normalized spacial score (nSPS) is 21.0. The molecule has 0 bridgehead atoms. The van der Waals surface area contributed by atoms with Crippen LogP contribution in [0.15, 0.2) is 12.4 Å². The zero-order valence-electron chi connectivity index (χ0n) is 11.9. The molecule has 5 nitrogen and oxygen atoms in total. The van der Waals surface area contributed by atoms with Gasteiger partial charge in [-0.25, -0.2) is 9.97 Å². The Hall–Kier alpha value is -1.65. The van der Waals surface area contributed by atoms with Gasteiger partial charge < -0.3 is 10.2 Å². The van der Waals surface area contributed by atoms with Gasteiger partial charge in [0.25, 0.3) is 5.91 Å². The highest BCUT2D eigenvalue weighted by Crippen LogP contribution is 2.38. The molecule has 0 aromatic carbocycles. The molecule has 2 atom stereocenters. The average molecular weight is 262 g/mol. The minimum atomic E-state index is -0.0476. The Kier molecular flexibility index (Phi) is 4.35. The largest absolute Gasteiger partial charge is 0.369 e. The van der Waals surface area contributed by atoms with Crippen LogP contribution in [0.3, 0.4) is 0 Å². The van der Waals surface area contributed by atoms with E-state index in [2.05, 4.69) is 29.1 Å². The highest BCUT2D eigenvalue weighted by molar-refractivity contribution is 5.91. The molecule has 19 heavy (non-hydrogen) atoms. The maximum atomic E-state index is 12.1. The quantitative estimate of drug-likeness (QED) is 0.852. The molecule has 104 valence electrons. The van der Waals surface area contributed by atoms with Gasteiger partial charge in [0.15, 0.2) is 0 Å². The fourth-order valence-electron chi connectivity index (χ4n) is 2.07. The molecule has 5 heteroatoms. The van der Waals surface area contributed by atoms with E-state index in [-0.39, 0.29) is 5.91 Å². The van der Waals surface area contributed by atoms with Gasteiger partial charge in [0, 0.05) is 20.1 Å². The Morgan fingerprint density at radius 1 is 1.47 bits per heavy atom. The molecular formula is C14H22N4O. The number of carbonyl (C=O) groups excluding carboxylic acids is 1. The highest BCUT2D eigenvalue weighted by atomic mass is 16.2. The predicted molar refractivity (Wildman–Crippen MR) is 75.0 cm³/mol. The van der Waals surface area contributed by atoms with Gasteiger partial charge in [-0.2, -0.15) is 0 Å². The van der Waals surface area contributed by atoms with Crippen molar-refractivity contribution in [3.63, 3.8) is 0 Å². The molecule has 1 aromatic heterocycles. The van der Waals surface area contributed by atoms with Crippen LogP contribution in [0.25, 0.3) is 0 Å². The molecule has 1 N–H and O–H groups in total. The van der Waals surface area contributed by atoms with E-state index in [1.807, 2.05) is 7.05 Å². The first-order chi connectivity index (χ1) is 9.11. The van der Waals surface area contributed by atoms with Crippen molar-refractivity contribution in [3.8, 4) is 0 Å². The van der Waals surface area contributed by atoms with Gasteiger partial charge in [-0.3, -0.25) is 4.79 Å². The molecule has 0 aliphatic heterocycles. The second-order valence-corrected chi connectivity index (χ2v) is 5.37. The van der Waals surface area contributed by atoms with E-state index in [9.17, 15) is 4.79 Å². The third-order valence-electron chi connectivity index (χ3n) is 3.56. The smallest absolute Gasteiger partial charge is 0.273 e. The Morgan fingerprint density at radius 3 is 2.74 bits per heavy atom. The average Bonchev–Trinajstić information content (AvgIpc) is 3.11. The van der Waals surface area contributed by atoms with Crippen LogP contribution in [0.2, 0.25) is 0 Å². The second kappa shape index (κ2) is 5.99. The van der Waals surface area contributed by atoms with Crippen molar-refractivity contribution in [3.05, 3.63) is 18.1 Å². The molecule has 1 fully saturated rings. The van der Waals surface area contributed by atoms with Gasteiger partial charge in [0.2, 0.25) is 0 Å². The first-order valence-electron chi connectivity index (χ1n) is 6.93. The van der Waals surface area contributed by atoms with E-state index in [4.69, 9.17) is 0 Å². The number of anilines is 1. The summed E-state index contributed by atoms with van der Waals surface area (Å²) >= 11 is 0.